The van der Waals surface area contributed by atoms with E-state index < -0.39 is 0 Å². The first-order valence-electron chi connectivity index (χ1n) is 7.65. The van der Waals surface area contributed by atoms with Crippen molar-refractivity contribution in [2.45, 2.75) is 25.5 Å². The summed E-state index contributed by atoms with van der Waals surface area (Å²) in [6, 6.07) is 2.93. The average molecular weight is 356 g/mol. The molecule has 0 aliphatic carbocycles. The molecule has 1 aliphatic heterocycles. The summed E-state index contributed by atoms with van der Waals surface area (Å²) >= 11 is 6.16. The van der Waals surface area contributed by atoms with Crippen LogP contribution in [-0.4, -0.2) is 51.3 Å². The minimum Gasteiger partial charge on any atom is -0.496 e. The van der Waals surface area contributed by atoms with E-state index in [1.54, 1.807) is 7.11 Å². The van der Waals surface area contributed by atoms with Crippen molar-refractivity contribution in [1.82, 2.24) is 10.6 Å². The summed E-state index contributed by atoms with van der Waals surface area (Å²) in [5.74, 6) is -0.213. The van der Waals surface area contributed by atoms with Crippen molar-refractivity contribution < 1.29 is 19.1 Å². The van der Waals surface area contributed by atoms with E-state index in [-0.39, 0.29) is 29.0 Å². The van der Waals surface area contributed by atoms with Gasteiger partial charge in [-0.25, -0.2) is 0 Å². The Balaban J connectivity index is 2.21. The number of nitrogens with one attached hydrogen (secondary N) is 3. The van der Waals surface area contributed by atoms with Crippen LogP contribution in [0.25, 0.3) is 0 Å². The summed E-state index contributed by atoms with van der Waals surface area (Å²) in [6.45, 7) is 2.87. The number of benzene rings is 1. The minimum absolute atomic E-state index is 0.0946. The van der Waals surface area contributed by atoms with Gasteiger partial charge in [0.1, 0.15) is 5.75 Å². The van der Waals surface area contributed by atoms with Gasteiger partial charge in [0.15, 0.2) is 0 Å². The van der Waals surface area contributed by atoms with Gasteiger partial charge in [-0.15, -0.1) is 0 Å². The van der Waals surface area contributed by atoms with Gasteiger partial charge in [0, 0.05) is 26.6 Å². The molecule has 1 aromatic rings. The number of hydrogen-bond acceptors (Lipinski definition) is 5. The lowest BCUT2D eigenvalue weighted by Crippen LogP contribution is -2.53. The van der Waals surface area contributed by atoms with Gasteiger partial charge in [-0.05, 0) is 19.0 Å². The fraction of sp³-hybridized carbons (Fsp3) is 0.500. The summed E-state index contributed by atoms with van der Waals surface area (Å²) in [4.78, 5) is 23.8. The van der Waals surface area contributed by atoms with Crippen LogP contribution < -0.4 is 20.7 Å². The molecule has 2 rings (SSSR count). The molecular formula is C16H22ClN3O4. The van der Waals surface area contributed by atoms with Crippen LogP contribution in [0, 0.1) is 0 Å². The number of ether oxygens (including phenoxy) is 2. The summed E-state index contributed by atoms with van der Waals surface area (Å²) < 4.78 is 10.7. The van der Waals surface area contributed by atoms with Gasteiger partial charge in [0.25, 0.3) is 5.91 Å². The van der Waals surface area contributed by atoms with E-state index in [1.807, 2.05) is 0 Å². The highest BCUT2D eigenvalue weighted by Crippen LogP contribution is 2.31. The molecule has 1 saturated heterocycles. The molecule has 2 atom stereocenters. The van der Waals surface area contributed by atoms with Crippen molar-refractivity contribution in [2.75, 3.05) is 32.6 Å². The predicted molar refractivity (Wildman–Crippen MR) is 91.8 cm³/mol. The van der Waals surface area contributed by atoms with E-state index in [9.17, 15) is 9.59 Å². The topological polar surface area (TPSA) is 88.7 Å². The van der Waals surface area contributed by atoms with Crippen molar-refractivity contribution in [3.63, 3.8) is 0 Å². The molecule has 0 radical (unpaired) electrons. The van der Waals surface area contributed by atoms with Gasteiger partial charge in [-0.2, -0.15) is 0 Å². The smallest absolute Gasteiger partial charge is 0.255 e. The molecule has 3 N–H and O–H groups in total. The number of piperidine rings is 1. The van der Waals surface area contributed by atoms with Crippen LogP contribution in [0.1, 0.15) is 23.7 Å². The first-order chi connectivity index (χ1) is 11.5. The summed E-state index contributed by atoms with van der Waals surface area (Å²) in [7, 11) is 3.08. The average Bonchev–Trinajstić information content (AvgIpc) is 2.56. The molecule has 0 saturated carbocycles. The highest BCUT2D eigenvalue weighted by molar-refractivity contribution is 6.34. The second-order valence-corrected chi connectivity index (χ2v) is 5.97. The molecule has 8 heteroatoms. The monoisotopic (exact) mass is 355 g/mol. The Morgan fingerprint density at radius 2 is 2.08 bits per heavy atom. The van der Waals surface area contributed by atoms with Gasteiger partial charge in [0.2, 0.25) is 5.91 Å². The molecule has 1 aromatic carbocycles. The third-order valence-electron chi connectivity index (χ3n) is 3.89. The maximum atomic E-state index is 12.6. The first kappa shape index (κ1) is 18.5. The minimum atomic E-state index is -0.294. The molecule has 0 unspecified atom stereocenters. The van der Waals surface area contributed by atoms with E-state index in [0.29, 0.717) is 23.5 Å². The Labute approximate surface area is 146 Å². The molecule has 1 fully saturated rings. The Hall–Kier alpha value is -1.83. The maximum absolute atomic E-state index is 12.6. The quantitative estimate of drug-likeness (QED) is 0.743. The maximum Gasteiger partial charge on any atom is 0.255 e. The Morgan fingerprint density at radius 3 is 2.71 bits per heavy atom. The number of halogens is 1. The Morgan fingerprint density at radius 1 is 1.33 bits per heavy atom. The Kier molecular flexibility index (Phi) is 6.42. The largest absolute Gasteiger partial charge is 0.496 e. The van der Waals surface area contributed by atoms with Gasteiger partial charge >= 0.3 is 0 Å². The van der Waals surface area contributed by atoms with Crippen LogP contribution in [0.2, 0.25) is 5.02 Å². The molecule has 0 aromatic heterocycles. The fourth-order valence-corrected chi connectivity index (χ4v) is 2.88. The van der Waals surface area contributed by atoms with Gasteiger partial charge in [-0.3, -0.25) is 9.59 Å². The molecule has 132 valence electrons. The van der Waals surface area contributed by atoms with Crippen molar-refractivity contribution in [2.24, 2.45) is 0 Å². The zero-order valence-electron chi connectivity index (χ0n) is 13.9. The van der Waals surface area contributed by atoms with Crippen LogP contribution in [0.5, 0.6) is 5.75 Å². The van der Waals surface area contributed by atoms with Crippen LogP contribution in [0.3, 0.4) is 0 Å². The molecule has 2 amide bonds. The van der Waals surface area contributed by atoms with Crippen LogP contribution in [0.4, 0.5) is 5.69 Å². The molecule has 7 nitrogen and oxygen atoms in total. The second kappa shape index (κ2) is 8.32. The lowest BCUT2D eigenvalue weighted by Gasteiger charge is -2.31. The molecule has 1 heterocycles. The third kappa shape index (κ3) is 4.37. The number of carbonyl (C=O) groups excluding carboxylic acids is 2. The van der Waals surface area contributed by atoms with Gasteiger partial charge in [0.05, 0.1) is 35.5 Å². The first-order valence-corrected chi connectivity index (χ1v) is 8.03. The van der Waals surface area contributed by atoms with Gasteiger partial charge < -0.3 is 25.4 Å². The number of methoxy groups -OCH3 is 2. The predicted octanol–water partition coefficient (Wildman–Crippen LogP) is 1.41. The molecular weight excluding hydrogens is 334 g/mol. The number of carbonyl (C=O) groups is 2. The van der Waals surface area contributed by atoms with Crippen LogP contribution in [-0.2, 0) is 9.53 Å². The third-order valence-corrected chi connectivity index (χ3v) is 4.20. The zero-order valence-corrected chi connectivity index (χ0v) is 14.7. The van der Waals surface area contributed by atoms with Crippen molar-refractivity contribution >= 4 is 29.1 Å². The van der Waals surface area contributed by atoms with Crippen LogP contribution in [0.15, 0.2) is 12.1 Å². The van der Waals surface area contributed by atoms with Crippen LogP contribution >= 0.6 is 11.6 Å². The fourth-order valence-electron chi connectivity index (χ4n) is 2.67. The summed E-state index contributed by atoms with van der Waals surface area (Å²) in [6.07, 6.45) is 0.674. The van der Waals surface area contributed by atoms with E-state index in [2.05, 4.69) is 16.0 Å². The van der Waals surface area contributed by atoms with Crippen molar-refractivity contribution in [1.29, 1.82) is 0 Å². The number of rotatable bonds is 5. The highest BCUT2D eigenvalue weighted by atomic mass is 35.5. The van der Waals surface area contributed by atoms with E-state index in [4.69, 9.17) is 21.1 Å². The van der Waals surface area contributed by atoms with E-state index in [1.165, 1.54) is 26.2 Å². The Bertz CT molecular complexity index is 624. The van der Waals surface area contributed by atoms with E-state index >= 15 is 0 Å². The summed E-state index contributed by atoms with van der Waals surface area (Å²) in [5.41, 5.74) is 0.708. The second-order valence-electron chi connectivity index (χ2n) is 5.56. The summed E-state index contributed by atoms with van der Waals surface area (Å²) in [5, 5.41) is 9.06. The van der Waals surface area contributed by atoms with Gasteiger partial charge in [-0.1, -0.05) is 11.6 Å². The molecule has 0 spiro atoms. The lowest BCUT2D eigenvalue weighted by atomic mass is 10.0. The molecule has 24 heavy (non-hydrogen) atoms. The highest BCUT2D eigenvalue weighted by Gasteiger charge is 2.27. The number of amides is 2. The molecule has 1 aliphatic rings. The zero-order chi connectivity index (χ0) is 17.7. The number of hydrogen-bond donors (Lipinski definition) is 3. The molecule has 0 bridgehead atoms. The van der Waals surface area contributed by atoms with Crippen molar-refractivity contribution in [3.8, 4) is 5.75 Å². The lowest BCUT2D eigenvalue weighted by molar-refractivity contribution is -0.114. The number of anilines is 1. The van der Waals surface area contributed by atoms with E-state index in [0.717, 1.165) is 13.0 Å². The normalized spacial score (nSPS) is 20.3. The van der Waals surface area contributed by atoms with Crippen molar-refractivity contribution in [3.05, 3.63) is 22.7 Å². The SMILES string of the molecule is COc1cc(NC(C)=O)c(Cl)cc1C(=O)N[C@@H]1CCNC[C@H]1OC. The standard InChI is InChI=1S/C16H22ClN3O4/c1-9(21)19-13-7-14(23-2)10(6-11(13)17)16(22)20-12-4-5-18-8-15(12)24-3/h6-7,12,15,18H,4-5,8H2,1-3H3,(H,19,21)(H,20,22)/t12-,15-/m1/s1.